The molecule has 0 spiro atoms. The lowest BCUT2D eigenvalue weighted by molar-refractivity contribution is -0.124. The quantitative estimate of drug-likeness (QED) is 0.558. The minimum absolute atomic E-state index is 0.0627. The SMILES string of the molecule is CC(C(=O)N(C)c1cc(Br)c2[nH]c(-c3n[nH]c4c3C[C@@H]3C[C@]3(C)C4)nc2c1)N1CCOCC1. The molecule has 3 atom stereocenters. The summed E-state index contributed by atoms with van der Waals surface area (Å²) >= 11 is 3.69. The number of halogens is 1. The molecule has 1 saturated heterocycles. The van der Waals surface area contributed by atoms with Gasteiger partial charge in [0.2, 0.25) is 5.91 Å². The summed E-state index contributed by atoms with van der Waals surface area (Å²) in [5.41, 5.74) is 6.49. The van der Waals surface area contributed by atoms with Crippen molar-refractivity contribution in [2.45, 2.75) is 39.2 Å². The molecule has 1 amide bonds. The Morgan fingerprint density at radius 1 is 1.36 bits per heavy atom. The van der Waals surface area contributed by atoms with Crippen LogP contribution >= 0.6 is 15.9 Å². The number of benzene rings is 1. The summed E-state index contributed by atoms with van der Waals surface area (Å²) in [6.07, 6.45) is 3.44. The molecule has 1 saturated carbocycles. The number of hydrogen-bond donors (Lipinski definition) is 2. The van der Waals surface area contributed by atoms with Gasteiger partial charge in [0.1, 0.15) is 5.69 Å². The number of H-pyrrole nitrogens is 2. The topological polar surface area (TPSA) is 90.1 Å². The maximum Gasteiger partial charge on any atom is 0.243 e. The number of likely N-dealkylation sites (N-methyl/N-ethyl adjacent to an activating group) is 1. The molecule has 6 rings (SSSR count). The third-order valence-electron chi connectivity index (χ3n) is 7.94. The van der Waals surface area contributed by atoms with Crippen LogP contribution in [0, 0.1) is 11.3 Å². The van der Waals surface area contributed by atoms with Gasteiger partial charge >= 0.3 is 0 Å². The van der Waals surface area contributed by atoms with E-state index in [1.807, 2.05) is 26.1 Å². The number of ether oxygens (including phenoxy) is 1. The second-order valence-electron chi connectivity index (χ2n) is 10.1. The molecule has 1 unspecified atom stereocenters. The highest BCUT2D eigenvalue weighted by atomic mass is 79.9. The van der Waals surface area contributed by atoms with Gasteiger partial charge in [-0.05, 0) is 65.6 Å². The number of nitrogens with zero attached hydrogens (tertiary/aromatic N) is 4. The van der Waals surface area contributed by atoms with E-state index in [2.05, 4.69) is 42.9 Å². The van der Waals surface area contributed by atoms with E-state index < -0.39 is 0 Å². The molecule has 33 heavy (non-hydrogen) atoms. The fourth-order valence-corrected chi connectivity index (χ4v) is 6.08. The fraction of sp³-hybridized carbons (Fsp3) is 0.542. The van der Waals surface area contributed by atoms with E-state index >= 15 is 0 Å². The molecule has 8 nitrogen and oxygen atoms in total. The van der Waals surface area contributed by atoms with Crippen LogP contribution in [0.15, 0.2) is 16.6 Å². The lowest BCUT2D eigenvalue weighted by atomic mass is 9.88. The zero-order valence-corrected chi connectivity index (χ0v) is 20.8. The van der Waals surface area contributed by atoms with Crippen LogP contribution in [-0.4, -0.2) is 70.4 Å². The van der Waals surface area contributed by atoms with Gasteiger partial charge in [-0.1, -0.05) is 6.92 Å². The lowest BCUT2D eigenvalue weighted by Gasteiger charge is -2.33. The summed E-state index contributed by atoms with van der Waals surface area (Å²) < 4.78 is 6.31. The highest BCUT2D eigenvalue weighted by Crippen LogP contribution is 2.59. The molecule has 0 bridgehead atoms. The largest absolute Gasteiger partial charge is 0.379 e. The summed E-state index contributed by atoms with van der Waals surface area (Å²) in [6, 6.07) is 3.75. The van der Waals surface area contributed by atoms with E-state index in [0.717, 1.165) is 64.6 Å². The van der Waals surface area contributed by atoms with Gasteiger partial charge in [-0.25, -0.2) is 4.98 Å². The molecule has 2 aromatic heterocycles. The Morgan fingerprint density at radius 2 is 2.15 bits per heavy atom. The van der Waals surface area contributed by atoms with Crippen molar-refractivity contribution in [1.82, 2.24) is 25.1 Å². The van der Waals surface area contributed by atoms with Gasteiger partial charge in [0.05, 0.1) is 30.3 Å². The smallest absolute Gasteiger partial charge is 0.243 e. The van der Waals surface area contributed by atoms with Gasteiger partial charge in [-0.3, -0.25) is 14.8 Å². The van der Waals surface area contributed by atoms with E-state index in [1.165, 1.54) is 17.7 Å². The Labute approximate surface area is 201 Å². The van der Waals surface area contributed by atoms with Crippen molar-refractivity contribution in [2.24, 2.45) is 11.3 Å². The molecule has 0 radical (unpaired) electrons. The van der Waals surface area contributed by atoms with Gasteiger partial charge < -0.3 is 14.6 Å². The number of imidazole rings is 1. The maximum atomic E-state index is 13.2. The normalized spacial score (nSPS) is 25.5. The van der Waals surface area contributed by atoms with Crippen molar-refractivity contribution in [3.63, 3.8) is 0 Å². The summed E-state index contributed by atoms with van der Waals surface area (Å²) in [5.74, 6) is 1.60. The van der Waals surface area contributed by atoms with Crippen LogP contribution in [0.4, 0.5) is 5.69 Å². The summed E-state index contributed by atoms with van der Waals surface area (Å²) in [5, 5.41) is 7.89. The van der Waals surface area contributed by atoms with Crippen molar-refractivity contribution >= 4 is 38.6 Å². The van der Waals surface area contributed by atoms with Crippen molar-refractivity contribution in [2.75, 3.05) is 38.3 Å². The second-order valence-corrected chi connectivity index (χ2v) is 10.9. The number of nitrogens with one attached hydrogen (secondary N) is 2. The Hall–Kier alpha value is -2.23. The first-order valence-corrected chi connectivity index (χ1v) is 12.5. The van der Waals surface area contributed by atoms with Gasteiger partial charge in [-0.2, -0.15) is 5.10 Å². The maximum absolute atomic E-state index is 13.2. The molecule has 3 heterocycles. The first-order chi connectivity index (χ1) is 15.8. The highest BCUT2D eigenvalue weighted by Gasteiger charge is 2.53. The molecule has 9 heteroatoms. The molecule has 2 fully saturated rings. The number of fused-ring (bicyclic) bond motifs is 3. The Kier molecular flexibility index (Phi) is 4.94. The Bertz CT molecular complexity index is 1250. The number of aromatic nitrogens is 4. The lowest BCUT2D eigenvalue weighted by Crippen LogP contribution is -2.50. The fourth-order valence-electron chi connectivity index (χ4n) is 5.54. The average Bonchev–Trinajstić information content (AvgIpc) is 3.11. The van der Waals surface area contributed by atoms with Gasteiger partial charge in [0.25, 0.3) is 0 Å². The van der Waals surface area contributed by atoms with Crippen LogP contribution in [0.3, 0.4) is 0 Å². The second kappa shape index (κ2) is 7.65. The molecule has 174 valence electrons. The zero-order valence-electron chi connectivity index (χ0n) is 19.2. The van der Waals surface area contributed by atoms with Crippen molar-refractivity contribution in [3.8, 4) is 11.5 Å². The number of hydrogen-bond acceptors (Lipinski definition) is 5. The van der Waals surface area contributed by atoms with Crippen LogP contribution in [0.5, 0.6) is 0 Å². The van der Waals surface area contributed by atoms with Gasteiger partial charge in [-0.15, -0.1) is 0 Å². The van der Waals surface area contributed by atoms with Crippen LogP contribution < -0.4 is 4.90 Å². The minimum atomic E-state index is -0.202. The number of rotatable bonds is 4. The molecule has 3 aliphatic rings. The molecule has 3 aromatic rings. The molecular formula is C24H29BrN6O2. The third-order valence-corrected chi connectivity index (χ3v) is 8.57. The Balaban J connectivity index is 1.29. The highest BCUT2D eigenvalue weighted by molar-refractivity contribution is 9.10. The predicted octanol–water partition coefficient (Wildman–Crippen LogP) is 3.52. The number of amides is 1. The molecule has 1 aromatic carbocycles. The number of carbonyl (C=O) groups is 1. The first kappa shape index (κ1) is 21.3. The predicted molar refractivity (Wildman–Crippen MR) is 130 cm³/mol. The minimum Gasteiger partial charge on any atom is -0.379 e. The van der Waals surface area contributed by atoms with E-state index in [1.54, 1.807) is 4.90 Å². The van der Waals surface area contributed by atoms with Crippen LogP contribution in [0.1, 0.15) is 31.5 Å². The van der Waals surface area contributed by atoms with Crippen molar-refractivity contribution in [1.29, 1.82) is 0 Å². The van der Waals surface area contributed by atoms with E-state index in [0.29, 0.717) is 18.6 Å². The first-order valence-electron chi connectivity index (χ1n) is 11.7. The van der Waals surface area contributed by atoms with Crippen LogP contribution in [0.25, 0.3) is 22.6 Å². The summed E-state index contributed by atoms with van der Waals surface area (Å²) in [6.45, 7) is 7.24. The Morgan fingerprint density at radius 3 is 2.94 bits per heavy atom. The molecular weight excluding hydrogens is 484 g/mol. The number of carbonyl (C=O) groups excluding carboxylic acids is 1. The van der Waals surface area contributed by atoms with Crippen LogP contribution in [-0.2, 0) is 22.4 Å². The monoisotopic (exact) mass is 512 g/mol. The standard InChI is InChI=1S/C24H29BrN6O2/c1-13(31-4-6-33-7-5-31)23(32)30(3)15-9-17(25)21-18(10-15)26-22(27-21)20-16-8-14-11-24(14,2)12-19(16)28-29-20/h9-10,13-14H,4-8,11-12H2,1-3H3,(H,26,27)(H,28,29)/t13?,14-,24-/m1/s1. The molecule has 2 N–H and O–H groups in total. The summed E-state index contributed by atoms with van der Waals surface area (Å²) in [4.78, 5) is 25.4. The molecule has 2 aliphatic carbocycles. The zero-order chi connectivity index (χ0) is 22.9. The van der Waals surface area contributed by atoms with E-state index in [-0.39, 0.29) is 11.9 Å². The van der Waals surface area contributed by atoms with Gasteiger partial charge in [0, 0.05) is 41.6 Å². The number of aromatic amines is 2. The average molecular weight is 513 g/mol. The number of anilines is 1. The van der Waals surface area contributed by atoms with Crippen molar-refractivity contribution in [3.05, 3.63) is 27.9 Å². The van der Waals surface area contributed by atoms with Crippen LogP contribution in [0.2, 0.25) is 0 Å². The van der Waals surface area contributed by atoms with Gasteiger partial charge in [0.15, 0.2) is 5.82 Å². The summed E-state index contributed by atoms with van der Waals surface area (Å²) in [7, 11) is 1.83. The molecule has 1 aliphatic heterocycles. The van der Waals surface area contributed by atoms with E-state index in [9.17, 15) is 4.79 Å². The van der Waals surface area contributed by atoms with Crippen molar-refractivity contribution < 1.29 is 9.53 Å². The van der Waals surface area contributed by atoms with E-state index in [4.69, 9.17) is 9.72 Å². The third kappa shape index (κ3) is 3.52. The number of morpholine rings is 1.